The SMILES string of the molecule is CSc1ncnc(Nc2cnn(Cc3ccccc3)c2)c1C#N. The Hall–Kier alpha value is -2.85. The third-order valence-electron chi connectivity index (χ3n) is 3.20. The average molecular weight is 322 g/mol. The highest BCUT2D eigenvalue weighted by Crippen LogP contribution is 2.24. The second-order valence-corrected chi connectivity index (χ2v) is 5.55. The van der Waals surface area contributed by atoms with Crippen molar-refractivity contribution < 1.29 is 0 Å². The second-order valence-electron chi connectivity index (χ2n) is 4.76. The number of anilines is 2. The fourth-order valence-electron chi connectivity index (χ4n) is 2.14. The largest absolute Gasteiger partial charge is 0.336 e. The van der Waals surface area contributed by atoms with Crippen LogP contribution in [0.15, 0.2) is 54.1 Å². The van der Waals surface area contributed by atoms with Gasteiger partial charge in [-0.15, -0.1) is 11.8 Å². The molecule has 23 heavy (non-hydrogen) atoms. The number of benzene rings is 1. The van der Waals surface area contributed by atoms with Crippen molar-refractivity contribution in [3.05, 3.63) is 60.2 Å². The molecule has 7 heteroatoms. The number of rotatable bonds is 5. The smallest absolute Gasteiger partial charge is 0.153 e. The summed E-state index contributed by atoms with van der Waals surface area (Å²) in [5.74, 6) is 0.492. The van der Waals surface area contributed by atoms with Crippen LogP contribution in [-0.2, 0) is 6.54 Å². The molecule has 0 amide bonds. The van der Waals surface area contributed by atoms with Crippen LogP contribution in [0.2, 0.25) is 0 Å². The molecule has 1 N–H and O–H groups in total. The Morgan fingerprint density at radius 1 is 1.26 bits per heavy atom. The van der Waals surface area contributed by atoms with E-state index in [1.807, 2.05) is 35.3 Å². The van der Waals surface area contributed by atoms with Gasteiger partial charge < -0.3 is 5.32 Å². The second kappa shape index (κ2) is 6.94. The first-order valence-corrected chi connectivity index (χ1v) is 8.15. The van der Waals surface area contributed by atoms with E-state index in [0.717, 1.165) is 5.69 Å². The van der Waals surface area contributed by atoms with Gasteiger partial charge in [0.15, 0.2) is 5.82 Å². The molecule has 0 saturated carbocycles. The number of nitrogens with one attached hydrogen (secondary N) is 1. The van der Waals surface area contributed by atoms with Crippen LogP contribution >= 0.6 is 11.8 Å². The molecule has 0 atom stereocenters. The summed E-state index contributed by atoms with van der Waals surface area (Å²) in [6, 6.07) is 12.2. The highest BCUT2D eigenvalue weighted by atomic mass is 32.2. The number of hydrogen-bond acceptors (Lipinski definition) is 6. The van der Waals surface area contributed by atoms with Gasteiger partial charge in [-0.25, -0.2) is 9.97 Å². The van der Waals surface area contributed by atoms with Crippen molar-refractivity contribution in [2.45, 2.75) is 11.6 Å². The molecular weight excluding hydrogens is 308 g/mol. The van der Waals surface area contributed by atoms with Crippen LogP contribution in [0.4, 0.5) is 11.5 Å². The van der Waals surface area contributed by atoms with Gasteiger partial charge in [0, 0.05) is 6.20 Å². The van der Waals surface area contributed by atoms with E-state index in [-0.39, 0.29) is 0 Å². The van der Waals surface area contributed by atoms with Crippen LogP contribution in [0, 0.1) is 11.3 Å². The molecule has 6 nitrogen and oxygen atoms in total. The first kappa shape index (κ1) is 15.1. The molecule has 3 aromatic rings. The zero-order valence-electron chi connectivity index (χ0n) is 12.5. The van der Waals surface area contributed by atoms with Gasteiger partial charge in [0.05, 0.1) is 18.4 Å². The third-order valence-corrected chi connectivity index (χ3v) is 3.90. The highest BCUT2D eigenvalue weighted by molar-refractivity contribution is 7.98. The van der Waals surface area contributed by atoms with Crippen molar-refractivity contribution >= 4 is 23.3 Å². The maximum absolute atomic E-state index is 9.30. The lowest BCUT2D eigenvalue weighted by Gasteiger charge is -2.06. The van der Waals surface area contributed by atoms with Crippen molar-refractivity contribution in [1.82, 2.24) is 19.7 Å². The summed E-state index contributed by atoms with van der Waals surface area (Å²) in [4.78, 5) is 8.25. The Morgan fingerprint density at radius 2 is 2.09 bits per heavy atom. The van der Waals surface area contributed by atoms with E-state index in [9.17, 15) is 5.26 Å². The summed E-state index contributed by atoms with van der Waals surface area (Å²) in [5, 5.41) is 17.4. The van der Waals surface area contributed by atoms with Gasteiger partial charge in [0.25, 0.3) is 0 Å². The number of nitrogens with zero attached hydrogens (tertiary/aromatic N) is 5. The summed E-state index contributed by atoms with van der Waals surface area (Å²) in [6.45, 7) is 0.688. The molecular formula is C16H14N6S. The Balaban J connectivity index is 1.79. The fourth-order valence-corrected chi connectivity index (χ4v) is 2.64. The van der Waals surface area contributed by atoms with E-state index < -0.39 is 0 Å². The molecule has 0 fully saturated rings. The number of thioether (sulfide) groups is 1. The predicted molar refractivity (Wildman–Crippen MR) is 89.6 cm³/mol. The Labute approximate surface area is 138 Å². The molecule has 0 aliphatic rings. The molecule has 0 saturated heterocycles. The van der Waals surface area contributed by atoms with Crippen LogP contribution in [0.5, 0.6) is 0 Å². The van der Waals surface area contributed by atoms with Crippen LogP contribution in [0.1, 0.15) is 11.1 Å². The van der Waals surface area contributed by atoms with Crippen molar-refractivity contribution in [3.8, 4) is 6.07 Å². The maximum atomic E-state index is 9.30. The molecule has 1 aromatic carbocycles. The van der Waals surface area contributed by atoms with Gasteiger partial charge in [0.1, 0.15) is 23.0 Å². The lowest BCUT2D eigenvalue weighted by Crippen LogP contribution is -2.00. The molecule has 3 rings (SSSR count). The lowest BCUT2D eigenvalue weighted by molar-refractivity contribution is 0.687. The topological polar surface area (TPSA) is 79.4 Å². The molecule has 2 aromatic heterocycles. The summed E-state index contributed by atoms with van der Waals surface area (Å²) in [5.41, 5.74) is 2.39. The van der Waals surface area contributed by atoms with E-state index in [0.29, 0.717) is 23.0 Å². The summed E-state index contributed by atoms with van der Waals surface area (Å²) >= 11 is 1.42. The normalized spacial score (nSPS) is 10.3. The molecule has 114 valence electrons. The predicted octanol–water partition coefficient (Wildman–Crippen LogP) is 3.06. The summed E-state index contributed by atoms with van der Waals surface area (Å²) in [7, 11) is 0. The fraction of sp³-hybridized carbons (Fsp3) is 0.125. The first-order chi connectivity index (χ1) is 11.3. The Morgan fingerprint density at radius 3 is 2.83 bits per heavy atom. The minimum absolute atomic E-state index is 0.441. The maximum Gasteiger partial charge on any atom is 0.153 e. The van der Waals surface area contributed by atoms with E-state index in [1.165, 1.54) is 23.7 Å². The summed E-state index contributed by atoms with van der Waals surface area (Å²) in [6.07, 6.45) is 6.92. The molecule has 0 radical (unpaired) electrons. The van der Waals surface area contributed by atoms with E-state index in [4.69, 9.17) is 0 Å². The quantitative estimate of drug-likeness (QED) is 0.574. The minimum atomic E-state index is 0.441. The van der Waals surface area contributed by atoms with Gasteiger partial charge in [-0.3, -0.25) is 4.68 Å². The Bertz CT molecular complexity index is 837. The van der Waals surface area contributed by atoms with E-state index >= 15 is 0 Å². The van der Waals surface area contributed by atoms with E-state index in [1.54, 1.807) is 6.20 Å². The van der Waals surface area contributed by atoms with Gasteiger partial charge in [0.2, 0.25) is 0 Å². The molecule has 0 aliphatic carbocycles. The van der Waals surface area contributed by atoms with Crippen LogP contribution < -0.4 is 5.32 Å². The van der Waals surface area contributed by atoms with Crippen LogP contribution in [0.3, 0.4) is 0 Å². The molecule has 2 heterocycles. The van der Waals surface area contributed by atoms with Gasteiger partial charge in [-0.1, -0.05) is 30.3 Å². The van der Waals surface area contributed by atoms with E-state index in [2.05, 4.69) is 38.6 Å². The zero-order chi connectivity index (χ0) is 16.1. The average Bonchev–Trinajstić information content (AvgIpc) is 3.02. The molecule has 0 unspecified atom stereocenters. The Kier molecular flexibility index (Phi) is 4.54. The van der Waals surface area contributed by atoms with Crippen LogP contribution in [0.25, 0.3) is 0 Å². The van der Waals surface area contributed by atoms with Crippen molar-refractivity contribution in [1.29, 1.82) is 5.26 Å². The van der Waals surface area contributed by atoms with Crippen molar-refractivity contribution in [3.63, 3.8) is 0 Å². The molecule has 0 aliphatic heterocycles. The lowest BCUT2D eigenvalue weighted by atomic mass is 10.2. The monoisotopic (exact) mass is 322 g/mol. The minimum Gasteiger partial charge on any atom is -0.336 e. The number of hydrogen-bond donors (Lipinski definition) is 1. The van der Waals surface area contributed by atoms with Crippen molar-refractivity contribution in [2.75, 3.05) is 11.6 Å². The standard InChI is InChI=1S/C16H14N6S/c1-23-16-14(7-17)15(18-11-19-16)21-13-8-20-22(10-13)9-12-5-3-2-4-6-12/h2-6,8,10-11H,9H2,1H3,(H,18,19,21). The van der Waals surface area contributed by atoms with Crippen molar-refractivity contribution in [2.24, 2.45) is 0 Å². The molecule has 0 spiro atoms. The number of aromatic nitrogens is 4. The number of nitriles is 1. The highest BCUT2D eigenvalue weighted by Gasteiger charge is 2.11. The van der Waals surface area contributed by atoms with Crippen LogP contribution in [-0.4, -0.2) is 26.0 Å². The molecule has 0 bridgehead atoms. The summed E-state index contributed by atoms with van der Waals surface area (Å²) < 4.78 is 1.83. The third kappa shape index (κ3) is 3.49. The van der Waals surface area contributed by atoms with Gasteiger partial charge in [-0.05, 0) is 11.8 Å². The van der Waals surface area contributed by atoms with Gasteiger partial charge >= 0.3 is 0 Å². The first-order valence-electron chi connectivity index (χ1n) is 6.92. The zero-order valence-corrected chi connectivity index (χ0v) is 13.3. The van der Waals surface area contributed by atoms with Gasteiger partial charge in [-0.2, -0.15) is 10.4 Å².